The number of nitrogens with zero attached hydrogens (tertiary/aromatic N) is 4. The van der Waals surface area contributed by atoms with Gasteiger partial charge in [0.1, 0.15) is 17.5 Å². The second kappa shape index (κ2) is 8.13. The molecule has 0 aliphatic heterocycles. The summed E-state index contributed by atoms with van der Waals surface area (Å²) in [5.74, 6) is -1.24. The molecular weight excluding hydrogens is 400 g/mol. The van der Waals surface area contributed by atoms with E-state index in [0.717, 1.165) is 0 Å². The predicted octanol–water partition coefficient (Wildman–Crippen LogP) is 2.21. The van der Waals surface area contributed by atoms with Crippen molar-refractivity contribution in [2.24, 2.45) is 5.92 Å². The second-order valence-corrected chi connectivity index (χ2v) is 7.67. The number of rotatable bonds is 4. The van der Waals surface area contributed by atoms with Crippen molar-refractivity contribution in [1.82, 2.24) is 19.5 Å². The minimum absolute atomic E-state index is 0.161. The monoisotopic (exact) mass is 422 g/mol. The van der Waals surface area contributed by atoms with Gasteiger partial charge >= 0.3 is 5.97 Å². The van der Waals surface area contributed by atoms with Gasteiger partial charge in [-0.25, -0.2) is 15.0 Å². The van der Waals surface area contributed by atoms with Gasteiger partial charge in [0.25, 0.3) is 5.56 Å². The quantitative estimate of drug-likeness (QED) is 0.578. The molecule has 0 radical (unpaired) electrons. The number of amides is 1. The van der Waals surface area contributed by atoms with E-state index in [-0.39, 0.29) is 29.0 Å². The van der Waals surface area contributed by atoms with E-state index in [2.05, 4.69) is 20.3 Å². The zero-order chi connectivity index (χ0) is 22.1. The molecule has 1 aliphatic carbocycles. The first-order chi connectivity index (χ1) is 14.8. The number of carbonyl (C=O) groups excluding carboxylic acids is 1. The van der Waals surface area contributed by atoms with Crippen LogP contribution in [0.5, 0.6) is 0 Å². The summed E-state index contributed by atoms with van der Waals surface area (Å²) in [6.45, 7) is 1.42. The lowest BCUT2D eigenvalue weighted by Gasteiger charge is -2.28. The number of carbonyl (C=O) groups is 2. The Labute approximate surface area is 177 Å². The Kier molecular flexibility index (Phi) is 5.37. The Balaban J connectivity index is 1.82. The van der Waals surface area contributed by atoms with E-state index in [1.165, 1.54) is 13.3 Å². The van der Waals surface area contributed by atoms with Crippen LogP contribution in [0.4, 0.5) is 11.5 Å². The lowest BCUT2D eigenvalue weighted by Crippen LogP contribution is -2.32. The van der Waals surface area contributed by atoms with Gasteiger partial charge in [-0.05, 0) is 37.8 Å². The van der Waals surface area contributed by atoms with Crippen LogP contribution in [0.25, 0.3) is 22.4 Å². The third-order valence-electron chi connectivity index (χ3n) is 5.59. The summed E-state index contributed by atoms with van der Waals surface area (Å²) >= 11 is 0. The third-order valence-corrected chi connectivity index (χ3v) is 5.59. The number of anilines is 2. The normalized spacial score (nSPS) is 18.6. The van der Waals surface area contributed by atoms with Gasteiger partial charge in [0.05, 0.1) is 5.92 Å². The number of hydrogen-bond acceptors (Lipinski definition) is 7. The van der Waals surface area contributed by atoms with Crippen molar-refractivity contribution in [3.8, 4) is 11.3 Å². The number of fused-ring (bicyclic) bond motifs is 1. The molecular formula is C21H22N6O4. The van der Waals surface area contributed by atoms with Crippen molar-refractivity contribution in [2.75, 3.05) is 11.1 Å². The lowest BCUT2D eigenvalue weighted by atomic mass is 9.86. The average molecular weight is 422 g/mol. The van der Waals surface area contributed by atoms with Crippen LogP contribution in [0.15, 0.2) is 35.4 Å². The Morgan fingerprint density at radius 3 is 2.42 bits per heavy atom. The van der Waals surface area contributed by atoms with Crippen molar-refractivity contribution >= 4 is 34.5 Å². The van der Waals surface area contributed by atoms with Crippen LogP contribution in [0.2, 0.25) is 0 Å². The summed E-state index contributed by atoms with van der Waals surface area (Å²) in [6, 6.07) is 6.57. The third kappa shape index (κ3) is 3.96. The van der Waals surface area contributed by atoms with Gasteiger partial charge in [-0.15, -0.1) is 0 Å². The minimum Gasteiger partial charge on any atom is -0.481 e. The summed E-state index contributed by atoms with van der Waals surface area (Å²) in [5, 5.41) is 12.0. The molecule has 0 bridgehead atoms. The van der Waals surface area contributed by atoms with E-state index in [4.69, 9.17) is 5.73 Å². The molecule has 2 heterocycles. The molecule has 4 N–H and O–H groups in total. The molecule has 1 aliphatic rings. The Morgan fingerprint density at radius 2 is 1.81 bits per heavy atom. The number of nitrogens with one attached hydrogen (secondary N) is 1. The van der Waals surface area contributed by atoms with E-state index < -0.39 is 11.9 Å². The number of carboxylic acid groups (broad SMARTS) is 1. The number of aromatic nitrogens is 4. The number of benzene rings is 1. The molecule has 2 aromatic heterocycles. The zero-order valence-corrected chi connectivity index (χ0v) is 16.9. The summed E-state index contributed by atoms with van der Waals surface area (Å²) in [5.41, 5.74) is 7.75. The fourth-order valence-corrected chi connectivity index (χ4v) is 4.06. The van der Waals surface area contributed by atoms with Crippen LogP contribution >= 0.6 is 0 Å². The standard InChI is InChI=1S/C21H22N6O4/c1-11(28)25-14-6-2-12(3-7-14)16-20(29)27(15-8-4-13(5-9-15)21(30)31)19-17(26-16)18(22)23-10-24-19/h2-3,6-7,10,13,15H,4-5,8-9H2,1H3,(H,25,28)(H,30,31)(H2,22,23,24). The second-order valence-electron chi connectivity index (χ2n) is 7.67. The van der Waals surface area contributed by atoms with Crippen LogP contribution in [-0.2, 0) is 9.59 Å². The highest BCUT2D eigenvalue weighted by molar-refractivity contribution is 5.89. The molecule has 0 atom stereocenters. The highest BCUT2D eigenvalue weighted by Crippen LogP contribution is 2.33. The molecule has 10 nitrogen and oxygen atoms in total. The maximum absolute atomic E-state index is 13.5. The number of carboxylic acids is 1. The molecule has 4 rings (SSSR count). The number of hydrogen-bond donors (Lipinski definition) is 3. The van der Waals surface area contributed by atoms with E-state index in [9.17, 15) is 19.5 Å². The molecule has 3 aromatic rings. The maximum Gasteiger partial charge on any atom is 0.306 e. The van der Waals surface area contributed by atoms with Crippen LogP contribution in [0.3, 0.4) is 0 Å². The summed E-state index contributed by atoms with van der Waals surface area (Å²) in [7, 11) is 0. The smallest absolute Gasteiger partial charge is 0.306 e. The molecule has 1 aromatic carbocycles. The van der Waals surface area contributed by atoms with Crippen LogP contribution in [0.1, 0.15) is 38.6 Å². The Hall–Kier alpha value is -3.82. The largest absolute Gasteiger partial charge is 0.481 e. The molecule has 1 fully saturated rings. The van der Waals surface area contributed by atoms with Crippen molar-refractivity contribution < 1.29 is 14.7 Å². The van der Waals surface area contributed by atoms with Crippen molar-refractivity contribution in [1.29, 1.82) is 0 Å². The van der Waals surface area contributed by atoms with Gasteiger partial charge in [0, 0.05) is 24.2 Å². The topological polar surface area (TPSA) is 153 Å². The Bertz CT molecular complexity index is 1210. The minimum atomic E-state index is -0.808. The van der Waals surface area contributed by atoms with Crippen LogP contribution in [-0.4, -0.2) is 36.5 Å². The van der Waals surface area contributed by atoms with E-state index in [1.54, 1.807) is 28.8 Å². The number of aliphatic carboxylic acids is 1. The van der Waals surface area contributed by atoms with Crippen LogP contribution < -0.4 is 16.6 Å². The highest BCUT2D eigenvalue weighted by Gasteiger charge is 2.29. The van der Waals surface area contributed by atoms with E-state index in [0.29, 0.717) is 48.1 Å². The molecule has 0 saturated heterocycles. The van der Waals surface area contributed by atoms with Crippen molar-refractivity contribution in [3.05, 3.63) is 40.9 Å². The van der Waals surface area contributed by atoms with Gasteiger partial charge in [-0.2, -0.15) is 0 Å². The summed E-state index contributed by atoms with van der Waals surface area (Å²) < 4.78 is 1.58. The van der Waals surface area contributed by atoms with Gasteiger partial charge in [-0.1, -0.05) is 12.1 Å². The highest BCUT2D eigenvalue weighted by atomic mass is 16.4. The van der Waals surface area contributed by atoms with E-state index in [1.807, 2.05) is 0 Å². The summed E-state index contributed by atoms with van der Waals surface area (Å²) in [6.07, 6.45) is 3.34. The van der Waals surface area contributed by atoms with Gasteiger partial charge < -0.3 is 16.2 Å². The molecule has 160 valence electrons. The molecule has 1 saturated carbocycles. The lowest BCUT2D eigenvalue weighted by molar-refractivity contribution is -0.143. The maximum atomic E-state index is 13.5. The van der Waals surface area contributed by atoms with Crippen molar-refractivity contribution in [2.45, 2.75) is 38.6 Å². The molecule has 0 unspecified atom stereocenters. The zero-order valence-electron chi connectivity index (χ0n) is 16.9. The van der Waals surface area contributed by atoms with E-state index >= 15 is 0 Å². The first kappa shape index (κ1) is 20.5. The fraction of sp³-hybridized carbons (Fsp3) is 0.333. The molecule has 1 amide bonds. The molecule has 10 heteroatoms. The first-order valence-corrected chi connectivity index (χ1v) is 9.98. The Morgan fingerprint density at radius 1 is 1.13 bits per heavy atom. The van der Waals surface area contributed by atoms with Crippen molar-refractivity contribution in [3.63, 3.8) is 0 Å². The number of nitrogens with two attached hydrogens (primary N) is 1. The summed E-state index contributed by atoms with van der Waals surface area (Å²) in [4.78, 5) is 48.8. The van der Waals surface area contributed by atoms with Gasteiger partial charge in [-0.3, -0.25) is 19.0 Å². The van der Waals surface area contributed by atoms with Crippen LogP contribution in [0, 0.1) is 5.92 Å². The predicted molar refractivity (Wildman–Crippen MR) is 114 cm³/mol. The number of nitrogen functional groups attached to an aromatic ring is 1. The van der Waals surface area contributed by atoms with Gasteiger partial charge in [0.2, 0.25) is 5.91 Å². The molecule has 0 spiro atoms. The first-order valence-electron chi connectivity index (χ1n) is 9.98. The fourth-order valence-electron chi connectivity index (χ4n) is 4.06. The average Bonchev–Trinajstić information content (AvgIpc) is 2.74. The van der Waals surface area contributed by atoms with Gasteiger partial charge in [0.15, 0.2) is 11.5 Å². The molecule has 31 heavy (non-hydrogen) atoms. The SMILES string of the molecule is CC(=O)Nc1ccc(-c2nc3c(N)ncnc3n(C3CCC(C(=O)O)CC3)c2=O)cc1.